The predicted molar refractivity (Wildman–Crippen MR) is 108 cm³/mol. The minimum absolute atomic E-state index is 0.143. The van der Waals surface area contributed by atoms with Gasteiger partial charge in [0.05, 0.1) is 11.1 Å². The summed E-state index contributed by atoms with van der Waals surface area (Å²) in [5, 5.41) is 3.19. The molecular weight excluding hydrogens is 456 g/mol. The van der Waals surface area contributed by atoms with Gasteiger partial charge in [0.25, 0.3) is 0 Å². The number of alkyl halides is 6. The topological polar surface area (TPSA) is 68.6 Å². The van der Waals surface area contributed by atoms with Crippen molar-refractivity contribution in [2.75, 3.05) is 12.0 Å². The first-order valence-electron chi connectivity index (χ1n) is 7.93. The van der Waals surface area contributed by atoms with Crippen molar-refractivity contribution < 1.29 is 26.3 Å². The van der Waals surface area contributed by atoms with Gasteiger partial charge in [-0.3, -0.25) is 4.99 Å². The molecule has 0 aliphatic carbocycles. The van der Waals surface area contributed by atoms with E-state index in [4.69, 9.17) is 17.3 Å². The maximum Gasteiger partial charge on any atom is 0.435 e. The number of aromatic nitrogens is 2. The largest absolute Gasteiger partial charge is 0.435 e. The average Bonchev–Trinajstić information content (AvgIpc) is 2.98. The fraction of sp³-hybridized carbons (Fsp3) is 0.235. The maximum atomic E-state index is 13.7. The molecule has 0 saturated heterocycles. The third kappa shape index (κ3) is 4.81. The van der Waals surface area contributed by atoms with Gasteiger partial charge in [0, 0.05) is 11.2 Å². The molecule has 1 heterocycles. The molecule has 5 nitrogen and oxygen atoms in total. The first-order valence-corrected chi connectivity index (χ1v) is 9.53. The van der Waals surface area contributed by atoms with E-state index in [0.717, 1.165) is 17.8 Å². The van der Waals surface area contributed by atoms with Gasteiger partial charge >= 0.3 is 12.4 Å². The number of rotatable bonds is 5. The van der Waals surface area contributed by atoms with E-state index in [1.807, 2.05) is 0 Å². The molecule has 2 aromatic rings. The quantitative estimate of drug-likeness (QED) is 0.427. The molecule has 0 aliphatic heterocycles. The van der Waals surface area contributed by atoms with Gasteiger partial charge in [-0.2, -0.15) is 36.1 Å². The molecule has 0 aliphatic rings. The third-order valence-corrected chi connectivity index (χ3v) is 4.58. The first kappa shape index (κ1) is 23.8. The summed E-state index contributed by atoms with van der Waals surface area (Å²) in [5.74, 6) is -0.814. The smallest absolute Gasteiger partial charge is 0.383 e. The van der Waals surface area contributed by atoms with Crippen LogP contribution in [0, 0.1) is 0 Å². The molecule has 13 heteroatoms. The Morgan fingerprint density at radius 1 is 1.20 bits per heavy atom. The van der Waals surface area contributed by atoms with E-state index >= 15 is 0 Å². The van der Waals surface area contributed by atoms with Crippen molar-refractivity contribution in [1.82, 2.24) is 9.78 Å². The van der Waals surface area contributed by atoms with Crippen molar-refractivity contribution >= 4 is 47.9 Å². The Labute approximate surface area is 176 Å². The second-order valence-corrected chi connectivity index (χ2v) is 6.85. The van der Waals surface area contributed by atoms with Crippen molar-refractivity contribution in [1.29, 1.82) is 0 Å². The fourth-order valence-electron chi connectivity index (χ4n) is 2.52. The molecule has 162 valence electrons. The summed E-state index contributed by atoms with van der Waals surface area (Å²) < 4.78 is 81.1. The van der Waals surface area contributed by atoms with E-state index in [9.17, 15) is 26.3 Å². The molecule has 0 saturated carbocycles. The molecular formula is C17H14ClF6N5S. The van der Waals surface area contributed by atoms with E-state index in [0.29, 0.717) is 16.8 Å². The van der Waals surface area contributed by atoms with Crippen molar-refractivity contribution in [2.45, 2.75) is 19.3 Å². The highest BCUT2D eigenvalue weighted by Crippen LogP contribution is 2.43. The van der Waals surface area contributed by atoms with Gasteiger partial charge in [-0.15, -0.1) is 11.8 Å². The number of nitrogens with two attached hydrogens (primary N) is 1. The van der Waals surface area contributed by atoms with Crippen LogP contribution in [-0.4, -0.2) is 29.0 Å². The molecule has 2 N–H and O–H groups in total. The van der Waals surface area contributed by atoms with Crippen molar-refractivity contribution in [2.24, 2.45) is 9.98 Å². The second-order valence-electron chi connectivity index (χ2n) is 5.62. The molecule has 0 radical (unpaired) electrons. The van der Waals surface area contributed by atoms with Crippen molar-refractivity contribution in [3.63, 3.8) is 0 Å². The highest BCUT2D eigenvalue weighted by atomic mass is 35.5. The van der Waals surface area contributed by atoms with E-state index < -0.39 is 45.6 Å². The molecule has 0 atom stereocenters. The maximum absolute atomic E-state index is 13.7. The fourth-order valence-corrected chi connectivity index (χ4v) is 3.30. The Morgan fingerprint density at radius 3 is 2.30 bits per heavy atom. The number of halogens is 7. The van der Waals surface area contributed by atoms with Gasteiger partial charge in [0.1, 0.15) is 10.8 Å². The van der Waals surface area contributed by atoms with Gasteiger partial charge in [0.2, 0.25) is 0 Å². The molecule has 1 aromatic carbocycles. The van der Waals surface area contributed by atoms with Gasteiger partial charge in [-0.25, -0.2) is 4.99 Å². The second kappa shape index (κ2) is 8.72. The number of hydrogen-bond acceptors (Lipinski definition) is 5. The number of benzene rings is 1. The zero-order valence-corrected chi connectivity index (χ0v) is 17.0. The zero-order chi connectivity index (χ0) is 22.9. The zero-order valence-electron chi connectivity index (χ0n) is 15.4. The molecule has 0 bridgehead atoms. The van der Waals surface area contributed by atoms with Gasteiger partial charge in [0.15, 0.2) is 11.5 Å². The van der Waals surface area contributed by atoms with Crippen LogP contribution in [0.4, 0.5) is 32.2 Å². The highest BCUT2D eigenvalue weighted by molar-refractivity contribution is 8.02. The van der Waals surface area contributed by atoms with Crippen molar-refractivity contribution in [3.8, 4) is 11.1 Å². The Bertz CT molecular complexity index is 1020. The molecule has 1 aromatic heterocycles. The Kier molecular flexibility index (Phi) is 6.92. The first-order chi connectivity index (χ1) is 13.8. The summed E-state index contributed by atoms with van der Waals surface area (Å²) in [5.41, 5.74) is 1.90. The lowest BCUT2D eigenvalue weighted by Crippen LogP contribution is -2.09. The molecule has 2 rings (SSSR count). The average molecular weight is 470 g/mol. The number of anilines is 1. The summed E-state index contributed by atoms with van der Waals surface area (Å²) >= 11 is 6.76. The van der Waals surface area contributed by atoms with E-state index in [2.05, 4.69) is 21.8 Å². The number of nitrogen functional groups attached to an aromatic ring is 1. The molecule has 0 amide bonds. The summed E-state index contributed by atoms with van der Waals surface area (Å²) in [4.78, 5) is 7.64. The van der Waals surface area contributed by atoms with Crippen LogP contribution in [0.3, 0.4) is 0 Å². The van der Waals surface area contributed by atoms with Crippen LogP contribution in [0.2, 0.25) is 5.02 Å². The third-order valence-electron chi connectivity index (χ3n) is 3.68. The minimum atomic E-state index is -5.03. The lowest BCUT2D eigenvalue weighted by molar-refractivity contribution is -0.140. The Morgan fingerprint density at radius 2 is 1.83 bits per heavy atom. The monoisotopic (exact) mass is 469 g/mol. The molecule has 0 fully saturated rings. The number of hydrogen-bond donors (Lipinski definition) is 1. The molecule has 30 heavy (non-hydrogen) atoms. The summed E-state index contributed by atoms with van der Waals surface area (Å²) in [6.45, 7) is 4.87. The Balaban J connectivity index is 2.92. The van der Waals surface area contributed by atoms with Crippen LogP contribution < -0.4 is 5.73 Å². The summed E-state index contributed by atoms with van der Waals surface area (Å²) in [6.07, 6.45) is -6.91. The van der Waals surface area contributed by atoms with Gasteiger partial charge in [-0.05, 0) is 43.7 Å². The predicted octanol–water partition coefficient (Wildman–Crippen LogP) is 6.06. The number of thioether (sulfide) groups is 1. The van der Waals surface area contributed by atoms with Gasteiger partial charge in [-0.1, -0.05) is 11.6 Å². The lowest BCUT2D eigenvalue weighted by Gasteiger charge is -2.12. The van der Waals surface area contributed by atoms with Crippen LogP contribution in [0.25, 0.3) is 16.9 Å². The lowest BCUT2D eigenvalue weighted by atomic mass is 10.0. The van der Waals surface area contributed by atoms with Crippen LogP contribution in [0.15, 0.2) is 33.2 Å². The van der Waals surface area contributed by atoms with Crippen LogP contribution in [-0.2, 0) is 12.4 Å². The SMILES string of the molecule is C=N/C(=C(\N=C/C)SC)n1nc(C(F)(F)F)c(-c2cc(Cl)cc(C(F)(F)F)c2)c1N. The molecule has 0 unspecified atom stereocenters. The highest BCUT2D eigenvalue weighted by Gasteiger charge is 2.41. The standard InChI is InChI=1S/C17H14ClF6N5S/c1-4-27-15(30-3)14(26-2)29-13(25)11(12(28-29)17(22,23)24)8-5-9(16(19,20)21)7-10(18)6-8/h4-7H,2,25H2,1,3H3/b15-14-,27-4-. The van der Waals surface area contributed by atoms with E-state index in [-0.39, 0.29) is 10.9 Å². The van der Waals surface area contributed by atoms with E-state index in [1.54, 1.807) is 13.2 Å². The Hall–Kier alpha value is -2.47. The number of nitrogens with zero attached hydrogens (tertiary/aromatic N) is 4. The van der Waals surface area contributed by atoms with Crippen LogP contribution in [0.1, 0.15) is 18.2 Å². The normalized spacial score (nSPS) is 13.6. The van der Waals surface area contributed by atoms with E-state index in [1.165, 1.54) is 6.21 Å². The van der Waals surface area contributed by atoms with Gasteiger partial charge < -0.3 is 5.73 Å². The van der Waals surface area contributed by atoms with Crippen molar-refractivity contribution in [3.05, 3.63) is 39.5 Å². The summed E-state index contributed by atoms with van der Waals surface area (Å²) in [6, 6.07) is 2.05. The van der Waals surface area contributed by atoms with Crippen LogP contribution in [0.5, 0.6) is 0 Å². The minimum Gasteiger partial charge on any atom is -0.383 e. The van der Waals surface area contributed by atoms with Crippen LogP contribution >= 0.6 is 23.4 Å². The summed E-state index contributed by atoms with van der Waals surface area (Å²) in [7, 11) is 0. The number of aliphatic imine (C=N–C) groups is 2. The molecule has 0 spiro atoms.